The number of rotatable bonds is 4. The molecule has 144 valence electrons. The van der Waals surface area contributed by atoms with Crippen molar-refractivity contribution in [2.45, 2.75) is 25.3 Å². The highest BCUT2D eigenvalue weighted by atomic mass is 19.2. The number of pyridine rings is 1. The minimum absolute atomic E-state index is 0.0276. The SMILES string of the molecule is O=c1cc(-c2ccncc2)nc(C2CCCN(Cc3cccc(F)c3F)C2)[nH]1. The average Bonchev–Trinajstić information content (AvgIpc) is 2.72. The van der Waals surface area contributed by atoms with E-state index in [-0.39, 0.29) is 11.5 Å². The average molecular weight is 382 g/mol. The minimum Gasteiger partial charge on any atom is -0.310 e. The molecule has 1 aromatic carbocycles. The number of H-pyrrole nitrogens is 1. The van der Waals surface area contributed by atoms with Crippen LogP contribution in [0.3, 0.4) is 0 Å². The fraction of sp³-hybridized carbons (Fsp3) is 0.286. The number of aromatic amines is 1. The summed E-state index contributed by atoms with van der Waals surface area (Å²) < 4.78 is 27.5. The molecule has 1 atom stereocenters. The lowest BCUT2D eigenvalue weighted by Gasteiger charge is -2.32. The number of nitrogens with one attached hydrogen (secondary N) is 1. The summed E-state index contributed by atoms with van der Waals surface area (Å²) in [6.07, 6.45) is 5.09. The van der Waals surface area contributed by atoms with Gasteiger partial charge in [-0.3, -0.25) is 14.7 Å². The summed E-state index contributed by atoms with van der Waals surface area (Å²) in [6, 6.07) is 9.34. The maximum atomic E-state index is 14.0. The topological polar surface area (TPSA) is 61.9 Å². The molecule has 1 aliphatic heterocycles. The number of piperidine rings is 1. The molecular weight excluding hydrogens is 362 g/mol. The Morgan fingerprint density at radius 2 is 2.00 bits per heavy atom. The zero-order valence-corrected chi connectivity index (χ0v) is 15.2. The normalized spacial score (nSPS) is 17.6. The summed E-state index contributed by atoms with van der Waals surface area (Å²) in [5.74, 6) is -0.971. The molecule has 0 radical (unpaired) electrons. The minimum atomic E-state index is -0.831. The lowest BCUT2D eigenvalue weighted by atomic mass is 9.96. The molecule has 28 heavy (non-hydrogen) atoms. The van der Waals surface area contributed by atoms with Crippen molar-refractivity contribution >= 4 is 0 Å². The van der Waals surface area contributed by atoms with Gasteiger partial charge in [0, 0.05) is 48.6 Å². The van der Waals surface area contributed by atoms with Crippen molar-refractivity contribution in [1.29, 1.82) is 0 Å². The van der Waals surface area contributed by atoms with Gasteiger partial charge in [-0.15, -0.1) is 0 Å². The molecule has 3 aromatic rings. The largest absolute Gasteiger partial charge is 0.310 e. The van der Waals surface area contributed by atoms with Crippen molar-refractivity contribution in [2.24, 2.45) is 0 Å². The lowest BCUT2D eigenvalue weighted by Crippen LogP contribution is -2.35. The van der Waals surface area contributed by atoms with Crippen LogP contribution in [0, 0.1) is 11.6 Å². The second kappa shape index (κ2) is 7.98. The first-order valence-corrected chi connectivity index (χ1v) is 9.27. The molecule has 0 amide bonds. The van der Waals surface area contributed by atoms with Gasteiger partial charge in [-0.25, -0.2) is 13.8 Å². The smallest absolute Gasteiger partial charge is 0.251 e. The number of aromatic nitrogens is 3. The van der Waals surface area contributed by atoms with Gasteiger partial charge in [0.2, 0.25) is 0 Å². The number of hydrogen-bond acceptors (Lipinski definition) is 4. The van der Waals surface area contributed by atoms with Crippen LogP contribution in [0.2, 0.25) is 0 Å². The Morgan fingerprint density at radius 3 is 2.82 bits per heavy atom. The maximum Gasteiger partial charge on any atom is 0.251 e. The Labute approximate surface area is 161 Å². The second-order valence-corrected chi connectivity index (χ2v) is 7.04. The van der Waals surface area contributed by atoms with E-state index in [0.717, 1.165) is 31.0 Å². The van der Waals surface area contributed by atoms with Gasteiger partial charge in [0.15, 0.2) is 11.6 Å². The van der Waals surface area contributed by atoms with Gasteiger partial charge in [-0.1, -0.05) is 12.1 Å². The number of likely N-dealkylation sites (tertiary alicyclic amines) is 1. The highest BCUT2D eigenvalue weighted by Gasteiger charge is 2.24. The van der Waals surface area contributed by atoms with E-state index in [9.17, 15) is 13.6 Å². The molecule has 1 N–H and O–H groups in total. The number of benzene rings is 1. The molecule has 1 fully saturated rings. The van der Waals surface area contributed by atoms with Crippen LogP contribution < -0.4 is 5.56 Å². The van der Waals surface area contributed by atoms with Crippen LogP contribution in [0.4, 0.5) is 8.78 Å². The monoisotopic (exact) mass is 382 g/mol. The Bertz CT molecular complexity index is 1020. The predicted molar refractivity (Wildman–Crippen MR) is 102 cm³/mol. The third-order valence-corrected chi connectivity index (χ3v) is 5.05. The first-order valence-electron chi connectivity index (χ1n) is 9.27. The molecule has 2 aromatic heterocycles. The highest BCUT2D eigenvalue weighted by molar-refractivity contribution is 5.57. The molecular formula is C21H20F2N4O. The Kier molecular flexibility index (Phi) is 5.25. The summed E-state index contributed by atoms with van der Waals surface area (Å²) in [7, 11) is 0. The van der Waals surface area contributed by atoms with Crippen molar-refractivity contribution in [3.63, 3.8) is 0 Å². The van der Waals surface area contributed by atoms with E-state index in [1.165, 1.54) is 12.1 Å². The molecule has 1 unspecified atom stereocenters. The number of nitrogens with zero attached hydrogens (tertiary/aromatic N) is 3. The molecule has 0 spiro atoms. The fourth-order valence-electron chi connectivity index (χ4n) is 3.67. The van der Waals surface area contributed by atoms with Crippen LogP contribution in [0.15, 0.2) is 53.6 Å². The molecule has 4 rings (SSSR count). The third-order valence-electron chi connectivity index (χ3n) is 5.05. The van der Waals surface area contributed by atoms with E-state index in [2.05, 4.69) is 19.9 Å². The van der Waals surface area contributed by atoms with E-state index in [0.29, 0.717) is 30.2 Å². The quantitative estimate of drug-likeness (QED) is 0.750. The van der Waals surface area contributed by atoms with Gasteiger partial charge in [0.25, 0.3) is 5.56 Å². The Balaban J connectivity index is 1.56. The van der Waals surface area contributed by atoms with E-state index < -0.39 is 11.6 Å². The van der Waals surface area contributed by atoms with Crippen molar-refractivity contribution in [1.82, 2.24) is 19.9 Å². The van der Waals surface area contributed by atoms with Crippen LogP contribution in [0.5, 0.6) is 0 Å². The van der Waals surface area contributed by atoms with E-state index in [1.807, 2.05) is 12.1 Å². The molecule has 7 heteroatoms. The van der Waals surface area contributed by atoms with Crippen LogP contribution in [-0.2, 0) is 6.54 Å². The molecule has 3 heterocycles. The molecule has 0 saturated carbocycles. The van der Waals surface area contributed by atoms with Gasteiger partial charge >= 0.3 is 0 Å². The number of halogens is 2. The zero-order valence-electron chi connectivity index (χ0n) is 15.2. The fourth-order valence-corrected chi connectivity index (χ4v) is 3.67. The van der Waals surface area contributed by atoms with Crippen molar-refractivity contribution < 1.29 is 8.78 Å². The van der Waals surface area contributed by atoms with E-state index in [1.54, 1.807) is 18.5 Å². The summed E-state index contributed by atoms with van der Waals surface area (Å²) >= 11 is 0. The van der Waals surface area contributed by atoms with Gasteiger partial charge in [-0.05, 0) is 37.6 Å². The molecule has 1 aliphatic rings. The van der Waals surface area contributed by atoms with Gasteiger partial charge in [0.05, 0.1) is 5.69 Å². The van der Waals surface area contributed by atoms with Gasteiger partial charge < -0.3 is 4.98 Å². The first kappa shape index (κ1) is 18.4. The highest BCUT2D eigenvalue weighted by Crippen LogP contribution is 2.27. The van der Waals surface area contributed by atoms with Crippen molar-refractivity contribution in [3.05, 3.63) is 82.2 Å². The standard InChI is InChI=1S/C21H20F2N4O/c22-17-5-1-3-15(20(17)23)12-27-10-2-4-16(13-27)21-25-18(11-19(28)26-21)14-6-8-24-9-7-14/h1,3,5-9,11,16H,2,4,10,12-13H2,(H,25,26,28). The van der Waals surface area contributed by atoms with Crippen LogP contribution >= 0.6 is 0 Å². The molecule has 1 saturated heterocycles. The summed E-state index contributed by atoms with van der Waals surface area (Å²) in [5, 5.41) is 0. The van der Waals surface area contributed by atoms with E-state index >= 15 is 0 Å². The Morgan fingerprint density at radius 1 is 1.18 bits per heavy atom. The van der Waals surface area contributed by atoms with Gasteiger partial charge in [-0.2, -0.15) is 0 Å². The molecule has 5 nitrogen and oxygen atoms in total. The van der Waals surface area contributed by atoms with Crippen LogP contribution in [0.25, 0.3) is 11.3 Å². The Hall–Kier alpha value is -2.93. The van der Waals surface area contributed by atoms with Gasteiger partial charge in [0.1, 0.15) is 5.82 Å². The summed E-state index contributed by atoms with van der Waals surface area (Å²) in [4.78, 5) is 25.7. The zero-order chi connectivity index (χ0) is 19.5. The van der Waals surface area contributed by atoms with Crippen molar-refractivity contribution in [3.8, 4) is 11.3 Å². The molecule has 0 aliphatic carbocycles. The summed E-state index contributed by atoms with van der Waals surface area (Å²) in [5.41, 5.74) is 1.57. The predicted octanol–water partition coefficient (Wildman–Crippen LogP) is 3.49. The summed E-state index contributed by atoms with van der Waals surface area (Å²) in [6.45, 7) is 1.74. The second-order valence-electron chi connectivity index (χ2n) is 7.04. The van der Waals surface area contributed by atoms with Crippen molar-refractivity contribution in [2.75, 3.05) is 13.1 Å². The van der Waals surface area contributed by atoms with Crippen LogP contribution in [0.1, 0.15) is 30.1 Å². The lowest BCUT2D eigenvalue weighted by molar-refractivity contribution is 0.194. The molecule has 0 bridgehead atoms. The number of hydrogen-bond donors (Lipinski definition) is 1. The van der Waals surface area contributed by atoms with Crippen LogP contribution in [-0.4, -0.2) is 32.9 Å². The maximum absolute atomic E-state index is 14.0. The third kappa shape index (κ3) is 3.99. The van der Waals surface area contributed by atoms with E-state index in [4.69, 9.17) is 0 Å². The first-order chi connectivity index (χ1) is 13.6.